The molecule has 2 N–H and O–H groups in total. The Morgan fingerprint density at radius 1 is 1.53 bits per heavy atom. The van der Waals surface area contributed by atoms with Crippen LogP contribution in [0.15, 0.2) is 18.3 Å². The van der Waals surface area contributed by atoms with Crippen LogP contribution in [0.2, 0.25) is 0 Å². The van der Waals surface area contributed by atoms with Gasteiger partial charge in [-0.3, -0.25) is 0 Å². The smallest absolute Gasteiger partial charge is 0.130 e. The standard InChI is InChI=1S/C11H19N3O/c1-9(2)14(6-7-15-3)11-8-10(12)4-5-13-11/h4-5,8-9H,6-7H2,1-3H3,(H2,12,13). The molecule has 0 amide bonds. The number of pyridine rings is 1. The number of methoxy groups -OCH3 is 1. The lowest BCUT2D eigenvalue weighted by Crippen LogP contribution is -2.34. The van der Waals surface area contributed by atoms with Crippen LogP contribution in [0.1, 0.15) is 13.8 Å². The molecule has 1 heterocycles. The van der Waals surface area contributed by atoms with Crippen molar-refractivity contribution in [2.24, 2.45) is 0 Å². The van der Waals surface area contributed by atoms with Crippen LogP contribution in [-0.2, 0) is 4.74 Å². The highest BCUT2D eigenvalue weighted by Gasteiger charge is 2.11. The fourth-order valence-corrected chi connectivity index (χ4v) is 1.42. The quantitative estimate of drug-likeness (QED) is 0.799. The van der Waals surface area contributed by atoms with Gasteiger partial charge in [-0.1, -0.05) is 0 Å². The Kier molecular flexibility index (Phi) is 4.37. The molecule has 1 rings (SSSR count). The molecular formula is C11H19N3O. The highest BCUT2D eigenvalue weighted by atomic mass is 16.5. The van der Waals surface area contributed by atoms with E-state index in [1.165, 1.54) is 0 Å². The Hall–Kier alpha value is -1.29. The topological polar surface area (TPSA) is 51.4 Å². The van der Waals surface area contributed by atoms with Gasteiger partial charge in [-0.05, 0) is 19.9 Å². The summed E-state index contributed by atoms with van der Waals surface area (Å²) in [5.74, 6) is 0.905. The van der Waals surface area contributed by atoms with Gasteiger partial charge in [0.15, 0.2) is 0 Å². The average Bonchev–Trinajstić information content (AvgIpc) is 2.18. The summed E-state index contributed by atoms with van der Waals surface area (Å²) in [4.78, 5) is 6.47. The predicted molar refractivity (Wildman–Crippen MR) is 63.0 cm³/mol. The molecule has 0 unspecified atom stereocenters. The van der Waals surface area contributed by atoms with E-state index in [2.05, 4.69) is 23.7 Å². The third-order valence-corrected chi connectivity index (χ3v) is 2.22. The van der Waals surface area contributed by atoms with Gasteiger partial charge < -0.3 is 15.4 Å². The first-order chi connectivity index (χ1) is 7.15. The number of rotatable bonds is 5. The van der Waals surface area contributed by atoms with E-state index < -0.39 is 0 Å². The van der Waals surface area contributed by atoms with Crippen LogP contribution in [0.4, 0.5) is 11.5 Å². The first-order valence-corrected chi connectivity index (χ1v) is 5.12. The van der Waals surface area contributed by atoms with Crippen LogP contribution in [0.3, 0.4) is 0 Å². The van der Waals surface area contributed by atoms with Crippen molar-refractivity contribution < 1.29 is 4.74 Å². The van der Waals surface area contributed by atoms with Crippen molar-refractivity contribution >= 4 is 11.5 Å². The normalized spacial score (nSPS) is 10.7. The van der Waals surface area contributed by atoms with Crippen LogP contribution in [0.5, 0.6) is 0 Å². The van der Waals surface area contributed by atoms with Gasteiger partial charge in [0.25, 0.3) is 0 Å². The summed E-state index contributed by atoms with van der Waals surface area (Å²) in [6.45, 7) is 5.76. The molecule has 4 heteroatoms. The van der Waals surface area contributed by atoms with Gasteiger partial charge in [0, 0.05) is 37.6 Å². The van der Waals surface area contributed by atoms with E-state index in [9.17, 15) is 0 Å². The summed E-state index contributed by atoms with van der Waals surface area (Å²) >= 11 is 0. The number of nitrogens with two attached hydrogens (primary N) is 1. The summed E-state index contributed by atoms with van der Waals surface area (Å²) in [7, 11) is 1.70. The molecule has 0 bridgehead atoms. The Labute approximate surface area is 91.1 Å². The molecule has 0 saturated carbocycles. The number of hydrogen-bond donors (Lipinski definition) is 1. The summed E-state index contributed by atoms with van der Waals surface area (Å²) in [6, 6.07) is 4.06. The molecule has 84 valence electrons. The maximum absolute atomic E-state index is 5.73. The first kappa shape index (κ1) is 11.8. The molecule has 4 nitrogen and oxygen atoms in total. The zero-order valence-corrected chi connectivity index (χ0v) is 9.60. The molecule has 0 aliphatic rings. The minimum absolute atomic E-state index is 0.384. The summed E-state index contributed by atoms with van der Waals surface area (Å²) in [5, 5.41) is 0. The maximum atomic E-state index is 5.73. The Bertz CT molecular complexity index is 302. The molecule has 0 saturated heterocycles. The van der Waals surface area contributed by atoms with Crippen molar-refractivity contribution in [1.82, 2.24) is 4.98 Å². The number of aromatic nitrogens is 1. The minimum atomic E-state index is 0.384. The van der Waals surface area contributed by atoms with Gasteiger partial charge >= 0.3 is 0 Å². The fourth-order valence-electron chi connectivity index (χ4n) is 1.42. The van der Waals surface area contributed by atoms with Crippen molar-refractivity contribution in [1.29, 1.82) is 0 Å². The largest absolute Gasteiger partial charge is 0.399 e. The fraction of sp³-hybridized carbons (Fsp3) is 0.545. The van der Waals surface area contributed by atoms with Crippen molar-refractivity contribution in [3.8, 4) is 0 Å². The Morgan fingerprint density at radius 2 is 2.27 bits per heavy atom. The Balaban J connectivity index is 2.79. The molecule has 1 aromatic rings. The van der Waals surface area contributed by atoms with E-state index in [0.717, 1.165) is 18.1 Å². The molecule has 0 fully saturated rings. The third-order valence-electron chi connectivity index (χ3n) is 2.22. The third kappa shape index (κ3) is 3.40. The van der Waals surface area contributed by atoms with E-state index in [1.807, 2.05) is 6.07 Å². The van der Waals surface area contributed by atoms with E-state index in [0.29, 0.717) is 12.6 Å². The maximum Gasteiger partial charge on any atom is 0.130 e. The predicted octanol–water partition coefficient (Wildman–Crippen LogP) is 1.52. The highest BCUT2D eigenvalue weighted by Crippen LogP contribution is 2.16. The number of hydrogen-bond acceptors (Lipinski definition) is 4. The van der Waals surface area contributed by atoms with Gasteiger partial charge in [-0.2, -0.15) is 0 Å². The summed E-state index contributed by atoms with van der Waals surface area (Å²) < 4.78 is 5.07. The lowest BCUT2D eigenvalue weighted by Gasteiger charge is -2.27. The second-order valence-electron chi connectivity index (χ2n) is 3.73. The monoisotopic (exact) mass is 209 g/mol. The molecule has 1 aromatic heterocycles. The van der Waals surface area contributed by atoms with E-state index in [-0.39, 0.29) is 0 Å². The lowest BCUT2D eigenvalue weighted by atomic mass is 10.3. The SMILES string of the molecule is COCCN(c1cc(N)ccn1)C(C)C. The van der Waals surface area contributed by atoms with E-state index in [4.69, 9.17) is 10.5 Å². The lowest BCUT2D eigenvalue weighted by molar-refractivity contribution is 0.203. The van der Waals surface area contributed by atoms with Crippen LogP contribution < -0.4 is 10.6 Å². The molecule has 0 atom stereocenters. The number of anilines is 2. The number of ether oxygens (including phenoxy) is 1. The van der Waals surface area contributed by atoms with Crippen LogP contribution in [0, 0.1) is 0 Å². The number of nitrogens with zero attached hydrogens (tertiary/aromatic N) is 2. The molecular weight excluding hydrogens is 190 g/mol. The minimum Gasteiger partial charge on any atom is -0.399 e. The van der Waals surface area contributed by atoms with Crippen molar-refractivity contribution in [2.45, 2.75) is 19.9 Å². The van der Waals surface area contributed by atoms with Gasteiger partial charge in [0.2, 0.25) is 0 Å². The summed E-state index contributed by atoms with van der Waals surface area (Å²) in [5.41, 5.74) is 6.47. The van der Waals surface area contributed by atoms with Gasteiger partial charge in [-0.25, -0.2) is 4.98 Å². The molecule has 0 aromatic carbocycles. The summed E-state index contributed by atoms with van der Waals surface area (Å²) in [6.07, 6.45) is 1.73. The van der Waals surface area contributed by atoms with Crippen molar-refractivity contribution in [2.75, 3.05) is 30.9 Å². The second-order valence-corrected chi connectivity index (χ2v) is 3.73. The second kappa shape index (κ2) is 5.56. The first-order valence-electron chi connectivity index (χ1n) is 5.12. The van der Waals surface area contributed by atoms with Crippen LogP contribution in [0.25, 0.3) is 0 Å². The molecule has 0 aliphatic heterocycles. The Morgan fingerprint density at radius 3 is 2.80 bits per heavy atom. The molecule has 0 aliphatic carbocycles. The zero-order valence-electron chi connectivity index (χ0n) is 9.60. The zero-order chi connectivity index (χ0) is 11.3. The van der Waals surface area contributed by atoms with Crippen LogP contribution >= 0.6 is 0 Å². The van der Waals surface area contributed by atoms with Crippen molar-refractivity contribution in [3.63, 3.8) is 0 Å². The highest BCUT2D eigenvalue weighted by molar-refractivity contribution is 5.50. The average molecular weight is 209 g/mol. The van der Waals surface area contributed by atoms with Gasteiger partial charge in [-0.15, -0.1) is 0 Å². The molecule has 0 spiro atoms. The van der Waals surface area contributed by atoms with Crippen LogP contribution in [-0.4, -0.2) is 31.3 Å². The van der Waals surface area contributed by atoms with Crippen molar-refractivity contribution in [3.05, 3.63) is 18.3 Å². The van der Waals surface area contributed by atoms with Gasteiger partial charge in [0.05, 0.1) is 6.61 Å². The van der Waals surface area contributed by atoms with E-state index in [1.54, 1.807) is 19.4 Å². The van der Waals surface area contributed by atoms with Gasteiger partial charge in [0.1, 0.15) is 5.82 Å². The van der Waals surface area contributed by atoms with E-state index >= 15 is 0 Å². The number of nitrogen functional groups attached to an aromatic ring is 1. The molecule has 15 heavy (non-hydrogen) atoms. The molecule has 0 radical (unpaired) electrons.